The lowest BCUT2D eigenvalue weighted by atomic mass is 9.85. The third kappa shape index (κ3) is 1.92. The summed E-state index contributed by atoms with van der Waals surface area (Å²) in [6.45, 7) is 1.18. The number of ether oxygens (including phenoxy) is 1. The van der Waals surface area contributed by atoms with Gasteiger partial charge in [-0.1, -0.05) is 12.8 Å². The minimum absolute atomic E-state index is 0.723. The zero-order valence-corrected chi connectivity index (χ0v) is 11.1. The third-order valence-corrected chi connectivity index (χ3v) is 4.56. The molecule has 18 heavy (non-hydrogen) atoms. The van der Waals surface area contributed by atoms with Gasteiger partial charge in [-0.25, -0.2) is 0 Å². The maximum absolute atomic E-state index is 5.89. The van der Waals surface area contributed by atoms with Gasteiger partial charge in [-0.15, -0.1) is 0 Å². The van der Waals surface area contributed by atoms with Crippen molar-refractivity contribution in [1.29, 1.82) is 0 Å². The fourth-order valence-electron chi connectivity index (χ4n) is 3.60. The first-order valence-corrected chi connectivity index (χ1v) is 7.00. The van der Waals surface area contributed by atoms with Gasteiger partial charge in [-0.2, -0.15) is 0 Å². The van der Waals surface area contributed by atoms with Crippen molar-refractivity contribution >= 4 is 11.4 Å². The van der Waals surface area contributed by atoms with Gasteiger partial charge < -0.3 is 15.4 Å². The lowest BCUT2D eigenvalue weighted by Gasteiger charge is -2.33. The van der Waals surface area contributed by atoms with E-state index >= 15 is 0 Å². The molecule has 3 rings (SSSR count). The predicted molar refractivity (Wildman–Crippen MR) is 75.1 cm³/mol. The van der Waals surface area contributed by atoms with Crippen LogP contribution in [-0.4, -0.2) is 19.7 Å². The number of methoxy groups -OCH3 is 1. The van der Waals surface area contributed by atoms with E-state index in [1.54, 1.807) is 7.11 Å². The van der Waals surface area contributed by atoms with Gasteiger partial charge in [0.25, 0.3) is 0 Å². The largest absolute Gasteiger partial charge is 0.495 e. The van der Waals surface area contributed by atoms with Crippen LogP contribution in [0, 0.1) is 5.92 Å². The van der Waals surface area contributed by atoms with Crippen LogP contribution >= 0.6 is 0 Å². The Morgan fingerprint density at radius 2 is 2.06 bits per heavy atom. The Labute approximate surface area is 109 Å². The van der Waals surface area contributed by atoms with Crippen LogP contribution < -0.4 is 15.4 Å². The van der Waals surface area contributed by atoms with E-state index in [1.807, 2.05) is 6.07 Å². The van der Waals surface area contributed by atoms with Gasteiger partial charge >= 0.3 is 0 Å². The van der Waals surface area contributed by atoms with Crippen molar-refractivity contribution < 1.29 is 4.74 Å². The molecule has 0 amide bonds. The molecular formula is C15H22N2O. The lowest BCUT2D eigenvalue weighted by Crippen LogP contribution is -2.34. The second kappa shape index (κ2) is 4.71. The van der Waals surface area contributed by atoms with E-state index in [0.717, 1.165) is 23.4 Å². The topological polar surface area (TPSA) is 38.5 Å². The van der Waals surface area contributed by atoms with E-state index in [0.29, 0.717) is 0 Å². The molecule has 0 spiro atoms. The summed E-state index contributed by atoms with van der Waals surface area (Å²) in [5.74, 6) is 1.70. The molecule has 1 aromatic rings. The summed E-state index contributed by atoms with van der Waals surface area (Å²) in [6.07, 6.45) is 6.89. The Kier molecular flexibility index (Phi) is 3.06. The summed E-state index contributed by atoms with van der Waals surface area (Å²) in [6, 6.07) is 6.93. The molecular weight excluding hydrogens is 224 g/mol. The van der Waals surface area contributed by atoms with Crippen molar-refractivity contribution in [2.75, 3.05) is 24.3 Å². The molecule has 2 N–H and O–H groups in total. The van der Waals surface area contributed by atoms with Crippen LogP contribution in [-0.2, 0) is 0 Å². The van der Waals surface area contributed by atoms with Gasteiger partial charge in [-0.3, -0.25) is 0 Å². The van der Waals surface area contributed by atoms with Crippen LogP contribution in [0.2, 0.25) is 0 Å². The number of nitrogens with two attached hydrogens (primary N) is 1. The quantitative estimate of drug-likeness (QED) is 0.815. The molecule has 1 aliphatic heterocycles. The predicted octanol–water partition coefficient (Wildman–Crippen LogP) is 3.05. The molecule has 1 aliphatic carbocycles. The SMILES string of the molecule is COc1cc(N2CCC3CCCCC32)ccc1N. The van der Waals surface area contributed by atoms with Gasteiger partial charge in [0, 0.05) is 24.3 Å². The summed E-state index contributed by atoms with van der Waals surface area (Å²) in [7, 11) is 1.68. The minimum atomic E-state index is 0.723. The van der Waals surface area contributed by atoms with Gasteiger partial charge in [0.2, 0.25) is 0 Å². The number of benzene rings is 1. The number of anilines is 2. The summed E-state index contributed by atoms with van der Waals surface area (Å²) in [5, 5.41) is 0. The number of rotatable bonds is 2. The average Bonchev–Trinajstić information content (AvgIpc) is 2.83. The lowest BCUT2D eigenvalue weighted by molar-refractivity contribution is 0.342. The Morgan fingerprint density at radius 1 is 1.22 bits per heavy atom. The van der Waals surface area contributed by atoms with Crippen LogP contribution in [0.5, 0.6) is 5.75 Å². The zero-order chi connectivity index (χ0) is 12.5. The molecule has 2 fully saturated rings. The second-order valence-electron chi connectivity index (χ2n) is 5.52. The molecule has 1 aromatic carbocycles. The Hall–Kier alpha value is -1.38. The van der Waals surface area contributed by atoms with Gasteiger partial charge in [0.05, 0.1) is 12.8 Å². The molecule has 2 unspecified atom stereocenters. The molecule has 0 radical (unpaired) electrons. The van der Waals surface area contributed by atoms with E-state index in [-0.39, 0.29) is 0 Å². The van der Waals surface area contributed by atoms with Crippen LogP contribution in [0.4, 0.5) is 11.4 Å². The van der Waals surface area contributed by atoms with E-state index in [1.165, 1.54) is 44.3 Å². The van der Waals surface area contributed by atoms with Crippen molar-refractivity contribution in [3.05, 3.63) is 18.2 Å². The molecule has 1 heterocycles. The highest BCUT2D eigenvalue weighted by Gasteiger charge is 2.35. The molecule has 2 aliphatic rings. The van der Waals surface area contributed by atoms with Gasteiger partial charge in [0.1, 0.15) is 5.75 Å². The minimum Gasteiger partial charge on any atom is -0.495 e. The van der Waals surface area contributed by atoms with Crippen molar-refractivity contribution in [2.24, 2.45) is 5.92 Å². The van der Waals surface area contributed by atoms with E-state index < -0.39 is 0 Å². The molecule has 1 saturated heterocycles. The Morgan fingerprint density at radius 3 is 2.89 bits per heavy atom. The maximum atomic E-state index is 5.89. The number of nitrogen functional groups attached to an aromatic ring is 1. The first-order valence-electron chi connectivity index (χ1n) is 7.00. The standard InChI is InChI=1S/C15H22N2O/c1-18-15-10-12(6-7-13(15)16)17-9-8-11-4-2-3-5-14(11)17/h6-7,10-11,14H,2-5,8-9,16H2,1H3. The van der Waals surface area contributed by atoms with Crippen LogP contribution in [0.25, 0.3) is 0 Å². The molecule has 3 heteroatoms. The van der Waals surface area contributed by atoms with Gasteiger partial charge in [0.15, 0.2) is 0 Å². The van der Waals surface area contributed by atoms with Crippen molar-refractivity contribution in [2.45, 2.75) is 38.1 Å². The summed E-state index contributed by atoms with van der Waals surface area (Å²) in [5.41, 5.74) is 7.88. The Balaban J connectivity index is 1.86. The van der Waals surface area contributed by atoms with Gasteiger partial charge in [-0.05, 0) is 37.3 Å². The molecule has 3 nitrogen and oxygen atoms in total. The van der Waals surface area contributed by atoms with E-state index in [4.69, 9.17) is 10.5 Å². The van der Waals surface area contributed by atoms with Crippen LogP contribution in [0.1, 0.15) is 32.1 Å². The zero-order valence-electron chi connectivity index (χ0n) is 11.1. The first-order chi connectivity index (χ1) is 8.79. The van der Waals surface area contributed by atoms with E-state index in [2.05, 4.69) is 17.0 Å². The molecule has 0 bridgehead atoms. The number of hydrogen-bond donors (Lipinski definition) is 1. The molecule has 98 valence electrons. The third-order valence-electron chi connectivity index (χ3n) is 4.56. The van der Waals surface area contributed by atoms with Crippen molar-refractivity contribution in [3.8, 4) is 5.75 Å². The highest BCUT2D eigenvalue weighted by atomic mass is 16.5. The normalized spacial score (nSPS) is 27.1. The number of nitrogens with zero attached hydrogens (tertiary/aromatic N) is 1. The highest BCUT2D eigenvalue weighted by molar-refractivity contribution is 5.63. The summed E-state index contributed by atoms with van der Waals surface area (Å²) >= 11 is 0. The molecule has 1 saturated carbocycles. The number of fused-ring (bicyclic) bond motifs is 1. The maximum Gasteiger partial charge on any atom is 0.143 e. The van der Waals surface area contributed by atoms with E-state index in [9.17, 15) is 0 Å². The average molecular weight is 246 g/mol. The fraction of sp³-hybridized carbons (Fsp3) is 0.600. The Bertz CT molecular complexity index is 433. The smallest absolute Gasteiger partial charge is 0.143 e. The summed E-state index contributed by atoms with van der Waals surface area (Å²) < 4.78 is 5.33. The first kappa shape index (κ1) is 11.7. The molecule has 0 aromatic heterocycles. The van der Waals surface area contributed by atoms with Crippen molar-refractivity contribution in [1.82, 2.24) is 0 Å². The van der Waals surface area contributed by atoms with Crippen LogP contribution in [0.3, 0.4) is 0 Å². The monoisotopic (exact) mass is 246 g/mol. The molecule has 2 atom stereocenters. The number of hydrogen-bond acceptors (Lipinski definition) is 3. The van der Waals surface area contributed by atoms with Crippen molar-refractivity contribution in [3.63, 3.8) is 0 Å². The highest BCUT2D eigenvalue weighted by Crippen LogP contribution is 2.40. The second-order valence-corrected chi connectivity index (χ2v) is 5.52. The summed E-state index contributed by atoms with van der Waals surface area (Å²) in [4.78, 5) is 2.56. The van der Waals surface area contributed by atoms with Crippen LogP contribution in [0.15, 0.2) is 18.2 Å². The fourth-order valence-corrected chi connectivity index (χ4v) is 3.60.